The topological polar surface area (TPSA) is 45.7 Å². The largest absolute Gasteiger partial charge is 0.496 e. The predicted molar refractivity (Wildman–Crippen MR) is 105 cm³/mol. The minimum absolute atomic E-state index is 0.318. The van der Waals surface area contributed by atoms with Gasteiger partial charge in [-0.1, -0.05) is 49.4 Å². The Labute approximate surface area is 151 Å². The van der Waals surface area contributed by atoms with Gasteiger partial charge in [-0.2, -0.15) is 0 Å². The first-order chi connectivity index (χ1) is 12.2. The maximum absolute atomic E-state index is 5.47. The molecule has 0 saturated heterocycles. The summed E-state index contributed by atoms with van der Waals surface area (Å²) in [5.41, 5.74) is 3.72. The van der Waals surface area contributed by atoms with E-state index in [1.54, 1.807) is 7.11 Å². The van der Waals surface area contributed by atoms with Crippen molar-refractivity contribution >= 4 is 5.96 Å². The number of methoxy groups -OCH3 is 1. The predicted octanol–water partition coefficient (Wildman–Crippen LogP) is 3.86. The zero-order chi connectivity index (χ0) is 18.1. The molecule has 4 heteroatoms. The highest BCUT2D eigenvalue weighted by molar-refractivity contribution is 5.79. The molecule has 0 spiro atoms. The number of hydrogen-bond acceptors (Lipinski definition) is 2. The minimum atomic E-state index is 0.318. The number of nitrogens with zero attached hydrogens (tertiary/aromatic N) is 1. The van der Waals surface area contributed by atoms with E-state index >= 15 is 0 Å². The molecule has 0 amide bonds. The highest BCUT2D eigenvalue weighted by atomic mass is 16.5. The summed E-state index contributed by atoms with van der Waals surface area (Å²) >= 11 is 0. The van der Waals surface area contributed by atoms with Gasteiger partial charge in [0.1, 0.15) is 5.75 Å². The van der Waals surface area contributed by atoms with Crippen LogP contribution in [0.2, 0.25) is 0 Å². The van der Waals surface area contributed by atoms with Crippen LogP contribution in [-0.4, -0.2) is 26.2 Å². The van der Waals surface area contributed by atoms with Gasteiger partial charge >= 0.3 is 0 Å². The van der Waals surface area contributed by atoms with E-state index in [0.717, 1.165) is 24.8 Å². The first-order valence-electron chi connectivity index (χ1n) is 8.85. The van der Waals surface area contributed by atoms with Crippen molar-refractivity contribution in [1.29, 1.82) is 0 Å². The molecule has 0 aliphatic rings. The normalized spacial score (nSPS) is 12.6. The van der Waals surface area contributed by atoms with Crippen molar-refractivity contribution in [2.75, 3.05) is 20.2 Å². The Kier molecular flexibility index (Phi) is 7.33. The van der Waals surface area contributed by atoms with Gasteiger partial charge in [0.15, 0.2) is 5.96 Å². The Morgan fingerprint density at radius 2 is 1.80 bits per heavy atom. The second-order valence-corrected chi connectivity index (χ2v) is 6.15. The fourth-order valence-corrected chi connectivity index (χ4v) is 2.73. The second kappa shape index (κ2) is 9.72. The average molecular weight is 339 g/mol. The lowest BCUT2D eigenvalue weighted by Gasteiger charge is -2.18. The molecule has 134 valence electrons. The fourth-order valence-electron chi connectivity index (χ4n) is 2.73. The number of para-hydroxylation sites is 1. The highest BCUT2D eigenvalue weighted by Crippen LogP contribution is 2.25. The van der Waals surface area contributed by atoms with Crippen molar-refractivity contribution in [2.45, 2.75) is 33.2 Å². The lowest BCUT2D eigenvalue weighted by atomic mass is 10.0. The van der Waals surface area contributed by atoms with Crippen LogP contribution in [0.1, 0.15) is 36.5 Å². The average Bonchev–Trinajstić information content (AvgIpc) is 2.64. The molecule has 2 aromatic rings. The molecule has 0 heterocycles. The summed E-state index contributed by atoms with van der Waals surface area (Å²) in [6, 6.07) is 16.5. The molecule has 1 unspecified atom stereocenters. The standard InChI is InChI=1S/C21H29N3O/c1-5-22-21(24-15-18-11-7-6-10-16(18)2)23-14-17(3)19-12-8-9-13-20(19)25-4/h6-13,17H,5,14-15H2,1-4H3,(H2,22,23,24). The van der Waals surface area contributed by atoms with Crippen molar-refractivity contribution in [1.82, 2.24) is 10.6 Å². The van der Waals surface area contributed by atoms with E-state index in [9.17, 15) is 0 Å². The van der Waals surface area contributed by atoms with Gasteiger partial charge in [0, 0.05) is 19.0 Å². The number of rotatable bonds is 7. The molecule has 0 saturated carbocycles. The molecule has 2 rings (SSSR count). The minimum Gasteiger partial charge on any atom is -0.496 e. The third-order valence-corrected chi connectivity index (χ3v) is 4.26. The van der Waals surface area contributed by atoms with Gasteiger partial charge in [0.05, 0.1) is 13.7 Å². The van der Waals surface area contributed by atoms with Gasteiger partial charge in [-0.05, 0) is 36.6 Å². The lowest BCUT2D eigenvalue weighted by Crippen LogP contribution is -2.39. The van der Waals surface area contributed by atoms with E-state index in [4.69, 9.17) is 9.73 Å². The van der Waals surface area contributed by atoms with Crippen molar-refractivity contribution in [3.05, 3.63) is 65.2 Å². The smallest absolute Gasteiger partial charge is 0.191 e. The Bertz CT molecular complexity index is 697. The van der Waals surface area contributed by atoms with Gasteiger partial charge in [-0.3, -0.25) is 0 Å². The fraction of sp³-hybridized carbons (Fsp3) is 0.381. The number of nitrogens with one attached hydrogen (secondary N) is 2. The van der Waals surface area contributed by atoms with Crippen molar-refractivity contribution in [3.63, 3.8) is 0 Å². The molecule has 0 aromatic heterocycles. The Morgan fingerprint density at radius 3 is 2.52 bits per heavy atom. The quantitative estimate of drug-likeness (QED) is 0.595. The number of hydrogen-bond donors (Lipinski definition) is 2. The van der Waals surface area contributed by atoms with E-state index in [1.165, 1.54) is 16.7 Å². The highest BCUT2D eigenvalue weighted by Gasteiger charge is 2.11. The van der Waals surface area contributed by atoms with Crippen LogP contribution < -0.4 is 15.4 Å². The summed E-state index contributed by atoms with van der Waals surface area (Å²) in [5.74, 6) is 2.09. The van der Waals surface area contributed by atoms with E-state index in [2.05, 4.69) is 61.7 Å². The van der Waals surface area contributed by atoms with E-state index < -0.39 is 0 Å². The number of aliphatic imine (C=N–C) groups is 1. The van der Waals surface area contributed by atoms with Crippen molar-refractivity contribution in [2.24, 2.45) is 4.99 Å². The number of guanidine groups is 1. The van der Waals surface area contributed by atoms with Crippen LogP contribution in [0, 0.1) is 6.92 Å². The van der Waals surface area contributed by atoms with E-state index in [1.807, 2.05) is 18.2 Å². The molecule has 0 aliphatic heterocycles. The van der Waals surface area contributed by atoms with E-state index in [0.29, 0.717) is 12.5 Å². The second-order valence-electron chi connectivity index (χ2n) is 6.15. The Balaban J connectivity index is 2.01. The van der Waals surface area contributed by atoms with Gasteiger partial charge in [0.2, 0.25) is 0 Å². The van der Waals surface area contributed by atoms with Crippen LogP contribution >= 0.6 is 0 Å². The molecule has 1 atom stereocenters. The molecular weight excluding hydrogens is 310 g/mol. The Morgan fingerprint density at radius 1 is 1.08 bits per heavy atom. The van der Waals surface area contributed by atoms with Crippen molar-refractivity contribution < 1.29 is 4.74 Å². The molecule has 25 heavy (non-hydrogen) atoms. The molecule has 0 radical (unpaired) electrons. The number of benzene rings is 2. The van der Waals surface area contributed by atoms with Gasteiger partial charge in [-0.25, -0.2) is 4.99 Å². The summed E-state index contributed by atoms with van der Waals surface area (Å²) in [4.78, 5) is 4.72. The van der Waals surface area contributed by atoms with Gasteiger partial charge in [-0.15, -0.1) is 0 Å². The Hall–Kier alpha value is -2.49. The van der Waals surface area contributed by atoms with Crippen LogP contribution in [0.4, 0.5) is 0 Å². The molecule has 2 aromatic carbocycles. The van der Waals surface area contributed by atoms with Crippen LogP contribution in [0.15, 0.2) is 53.5 Å². The zero-order valence-electron chi connectivity index (χ0n) is 15.7. The summed E-state index contributed by atoms with van der Waals surface area (Å²) in [7, 11) is 1.71. The number of aryl methyl sites for hydroxylation is 1. The summed E-state index contributed by atoms with van der Waals surface area (Å²) in [6.45, 7) is 8.69. The molecule has 0 bridgehead atoms. The van der Waals surface area contributed by atoms with E-state index in [-0.39, 0.29) is 0 Å². The lowest BCUT2D eigenvalue weighted by molar-refractivity contribution is 0.406. The number of ether oxygens (including phenoxy) is 1. The SMILES string of the molecule is CCNC(=NCc1ccccc1C)NCC(C)c1ccccc1OC. The van der Waals surface area contributed by atoms with Crippen LogP contribution in [0.3, 0.4) is 0 Å². The summed E-state index contributed by atoms with van der Waals surface area (Å²) in [5, 5.41) is 6.76. The third-order valence-electron chi connectivity index (χ3n) is 4.26. The van der Waals surface area contributed by atoms with Crippen LogP contribution in [0.25, 0.3) is 0 Å². The molecular formula is C21H29N3O. The first kappa shape index (κ1) is 18.8. The van der Waals surface area contributed by atoms with Gasteiger partial charge < -0.3 is 15.4 Å². The molecule has 4 nitrogen and oxygen atoms in total. The summed E-state index contributed by atoms with van der Waals surface area (Å²) < 4.78 is 5.47. The van der Waals surface area contributed by atoms with Crippen LogP contribution in [-0.2, 0) is 6.54 Å². The van der Waals surface area contributed by atoms with Gasteiger partial charge in [0.25, 0.3) is 0 Å². The molecule has 2 N–H and O–H groups in total. The molecule has 0 aliphatic carbocycles. The molecule has 0 fully saturated rings. The third kappa shape index (κ3) is 5.52. The maximum Gasteiger partial charge on any atom is 0.191 e. The zero-order valence-corrected chi connectivity index (χ0v) is 15.7. The van der Waals surface area contributed by atoms with Crippen molar-refractivity contribution in [3.8, 4) is 5.75 Å². The maximum atomic E-state index is 5.47. The summed E-state index contributed by atoms with van der Waals surface area (Å²) in [6.07, 6.45) is 0. The first-order valence-corrected chi connectivity index (χ1v) is 8.85. The van der Waals surface area contributed by atoms with Crippen LogP contribution in [0.5, 0.6) is 5.75 Å². The monoisotopic (exact) mass is 339 g/mol.